The Bertz CT molecular complexity index is 1170. The Kier molecular flexibility index (Phi) is 9.40. The van der Waals surface area contributed by atoms with Crippen molar-refractivity contribution in [2.24, 2.45) is 0 Å². The monoisotopic (exact) mass is 529 g/mol. The number of benzene rings is 2. The molecule has 3 aromatic rings. The van der Waals surface area contributed by atoms with Crippen LogP contribution in [0.15, 0.2) is 42.5 Å². The molecule has 1 aromatic heterocycles. The van der Waals surface area contributed by atoms with E-state index in [1.54, 1.807) is 24.3 Å². The number of rotatable bonds is 12. The summed E-state index contributed by atoms with van der Waals surface area (Å²) in [7, 11) is 0. The van der Waals surface area contributed by atoms with Crippen molar-refractivity contribution in [1.29, 1.82) is 0 Å². The average molecular weight is 530 g/mol. The van der Waals surface area contributed by atoms with Crippen LogP contribution in [0, 0.1) is 0 Å². The summed E-state index contributed by atoms with van der Waals surface area (Å²) in [5, 5.41) is 5.01. The third-order valence-electron chi connectivity index (χ3n) is 4.81. The van der Waals surface area contributed by atoms with Crippen molar-refractivity contribution < 1.29 is 36.6 Å². The summed E-state index contributed by atoms with van der Waals surface area (Å²) >= 11 is 5.60. The van der Waals surface area contributed by atoms with Crippen LogP contribution in [0.5, 0.6) is 17.2 Å². The van der Waals surface area contributed by atoms with Gasteiger partial charge in [0.1, 0.15) is 30.3 Å². The maximum atomic E-state index is 13.2. The van der Waals surface area contributed by atoms with Crippen LogP contribution in [0.25, 0.3) is 0 Å². The van der Waals surface area contributed by atoms with Crippen LogP contribution in [0.3, 0.4) is 0 Å². The number of carbonyl (C=O) groups is 1. The lowest BCUT2D eigenvalue weighted by Gasteiger charge is -2.13. The van der Waals surface area contributed by atoms with Crippen molar-refractivity contribution in [3.05, 3.63) is 64.4 Å². The molecular formula is C24H24ClF4N3O4. The fraction of sp³-hybridized carbons (Fsp3) is 0.333. The van der Waals surface area contributed by atoms with Crippen LogP contribution in [0.4, 0.5) is 23.2 Å². The first-order valence-corrected chi connectivity index (χ1v) is 11.3. The number of nitrogens with zero attached hydrogens (tertiary/aromatic N) is 2. The van der Waals surface area contributed by atoms with E-state index in [1.165, 1.54) is 0 Å². The molecule has 0 unspecified atom stereocenters. The number of hydrogen-bond acceptors (Lipinski definition) is 5. The predicted octanol–water partition coefficient (Wildman–Crippen LogP) is 6.43. The Morgan fingerprint density at radius 3 is 2.25 bits per heavy atom. The number of ether oxygens (including phenoxy) is 3. The zero-order valence-corrected chi connectivity index (χ0v) is 20.2. The molecular weight excluding hydrogens is 506 g/mol. The van der Waals surface area contributed by atoms with Crippen molar-refractivity contribution in [2.75, 3.05) is 18.5 Å². The van der Waals surface area contributed by atoms with E-state index in [4.69, 9.17) is 25.8 Å². The number of alkyl halides is 4. The lowest BCUT2D eigenvalue weighted by molar-refractivity contribution is -0.117. The zero-order valence-electron chi connectivity index (χ0n) is 19.4. The van der Waals surface area contributed by atoms with Gasteiger partial charge in [0.05, 0.1) is 18.2 Å². The molecule has 0 atom stereocenters. The summed E-state index contributed by atoms with van der Waals surface area (Å²) in [6.45, 7) is 4.29. The van der Waals surface area contributed by atoms with E-state index in [1.807, 2.05) is 32.0 Å². The van der Waals surface area contributed by atoms with E-state index >= 15 is 0 Å². The second kappa shape index (κ2) is 12.5. The third kappa shape index (κ3) is 6.81. The highest BCUT2D eigenvalue weighted by Crippen LogP contribution is 2.34. The number of hydrogen-bond donors (Lipinski definition) is 1. The summed E-state index contributed by atoms with van der Waals surface area (Å²) in [6.07, 6.45) is -6.33. The molecule has 2 aromatic carbocycles. The zero-order chi connectivity index (χ0) is 26.2. The van der Waals surface area contributed by atoms with Gasteiger partial charge in [0.2, 0.25) is 5.91 Å². The number of aromatic nitrogens is 2. The maximum absolute atomic E-state index is 13.2. The van der Waals surface area contributed by atoms with E-state index in [0.29, 0.717) is 40.8 Å². The van der Waals surface area contributed by atoms with Crippen molar-refractivity contribution in [2.45, 2.75) is 39.9 Å². The standard InChI is InChI=1S/C24H24ClF4N3O4/c1-3-34-17-10-5-14(11-18(17)35-4-2)13-36-16-8-6-15(7-9-16)30-19(33)12-32-22(24(28)29)20(25)21(31-32)23(26)27/h5-11,23-24H,3-4,12-13H2,1-2H3,(H,30,33). The summed E-state index contributed by atoms with van der Waals surface area (Å²) in [5.41, 5.74) is -0.733. The molecule has 0 aliphatic carbocycles. The molecule has 0 aliphatic heterocycles. The minimum absolute atomic E-state index is 0.251. The average Bonchev–Trinajstić information content (AvgIpc) is 3.16. The number of nitrogens with one attached hydrogen (secondary N) is 1. The molecule has 0 saturated carbocycles. The van der Waals surface area contributed by atoms with Crippen molar-refractivity contribution in [3.63, 3.8) is 0 Å². The lowest BCUT2D eigenvalue weighted by atomic mass is 10.2. The van der Waals surface area contributed by atoms with Gasteiger partial charge in [-0.2, -0.15) is 5.10 Å². The highest BCUT2D eigenvalue weighted by molar-refractivity contribution is 6.32. The van der Waals surface area contributed by atoms with Gasteiger partial charge in [-0.15, -0.1) is 0 Å². The van der Waals surface area contributed by atoms with Crippen molar-refractivity contribution in [1.82, 2.24) is 9.78 Å². The van der Waals surface area contributed by atoms with Crippen molar-refractivity contribution >= 4 is 23.2 Å². The van der Waals surface area contributed by atoms with Gasteiger partial charge in [-0.05, 0) is 55.8 Å². The predicted molar refractivity (Wildman–Crippen MR) is 125 cm³/mol. The number of amides is 1. The largest absolute Gasteiger partial charge is 0.490 e. The van der Waals surface area contributed by atoms with E-state index in [-0.39, 0.29) is 6.61 Å². The molecule has 0 spiro atoms. The van der Waals surface area contributed by atoms with Crippen LogP contribution < -0.4 is 19.5 Å². The van der Waals surface area contributed by atoms with Gasteiger partial charge >= 0.3 is 0 Å². The van der Waals surface area contributed by atoms with Gasteiger partial charge in [-0.25, -0.2) is 17.6 Å². The summed E-state index contributed by atoms with van der Waals surface area (Å²) in [4.78, 5) is 12.3. The van der Waals surface area contributed by atoms with Crippen LogP contribution >= 0.6 is 11.6 Å². The fourth-order valence-corrected chi connectivity index (χ4v) is 3.56. The second-order valence-electron chi connectivity index (χ2n) is 7.35. The molecule has 0 saturated heterocycles. The number of halogens is 5. The highest BCUT2D eigenvalue weighted by Gasteiger charge is 2.28. The van der Waals surface area contributed by atoms with Crippen LogP contribution in [-0.4, -0.2) is 28.9 Å². The maximum Gasteiger partial charge on any atom is 0.283 e. The molecule has 1 N–H and O–H groups in total. The highest BCUT2D eigenvalue weighted by atomic mass is 35.5. The Labute approximate surface area is 209 Å². The van der Waals surface area contributed by atoms with Crippen LogP contribution in [0.2, 0.25) is 5.02 Å². The molecule has 12 heteroatoms. The molecule has 3 rings (SSSR count). The topological polar surface area (TPSA) is 74.6 Å². The molecule has 7 nitrogen and oxygen atoms in total. The fourth-order valence-electron chi connectivity index (χ4n) is 3.26. The van der Waals surface area contributed by atoms with Gasteiger partial charge < -0.3 is 19.5 Å². The summed E-state index contributed by atoms with van der Waals surface area (Å²) in [6, 6.07) is 11.8. The Morgan fingerprint density at radius 1 is 0.972 bits per heavy atom. The Hall–Kier alpha value is -3.47. The van der Waals surface area contributed by atoms with Crippen LogP contribution in [-0.2, 0) is 17.9 Å². The van der Waals surface area contributed by atoms with Gasteiger partial charge in [0.25, 0.3) is 12.9 Å². The normalized spacial score (nSPS) is 11.1. The number of anilines is 1. The molecule has 0 radical (unpaired) electrons. The molecule has 0 bridgehead atoms. The van der Waals surface area contributed by atoms with Crippen LogP contribution in [0.1, 0.15) is 43.6 Å². The molecule has 1 amide bonds. The van der Waals surface area contributed by atoms with Gasteiger partial charge in [0, 0.05) is 5.69 Å². The molecule has 194 valence electrons. The smallest absolute Gasteiger partial charge is 0.283 e. The van der Waals surface area contributed by atoms with E-state index in [0.717, 1.165) is 5.56 Å². The minimum atomic E-state index is -3.18. The minimum Gasteiger partial charge on any atom is -0.490 e. The molecule has 0 aliphatic rings. The third-order valence-corrected chi connectivity index (χ3v) is 5.20. The van der Waals surface area contributed by atoms with Gasteiger partial charge in [-0.3, -0.25) is 9.48 Å². The molecule has 0 fully saturated rings. The first-order valence-electron chi connectivity index (χ1n) is 11.0. The van der Waals surface area contributed by atoms with Gasteiger partial charge in [0.15, 0.2) is 11.5 Å². The first kappa shape index (κ1) is 27.1. The van der Waals surface area contributed by atoms with Crippen molar-refractivity contribution in [3.8, 4) is 17.2 Å². The summed E-state index contributed by atoms with van der Waals surface area (Å²) < 4.78 is 69.8. The molecule has 1 heterocycles. The quantitative estimate of drug-likeness (QED) is 0.274. The number of carbonyl (C=O) groups excluding carboxylic acids is 1. The first-order chi connectivity index (χ1) is 17.2. The SMILES string of the molecule is CCOc1ccc(COc2ccc(NC(=O)Cn3nc(C(F)F)c(Cl)c3C(F)F)cc2)cc1OCC. The second-order valence-corrected chi connectivity index (χ2v) is 7.73. The van der Waals surface area contributed by atoms with Gasteiger partial charge in [-0.1, -0.05) is 17.7 Å². The molecule has 36 heavy (non-hydrogen) atoms. The van der Waals surface area contributed by atoms with E-state index in [2.05, 4.69) is 10.4 Å². The Morgan fingerprint density at radius 2 is 1.64 bits per heavy atom. The Balaban J connectivity index is 1.60. The van der Waals surface area contributed by atoms with E-state index < -0.39 is 41.7 Å². The lowest BCUT2D eigenvalue weighted by Crippen LogP contribution is -2.21. The summed E-state index contributed by atoms with van der Waals surface area (Å²) in [5.74, 6) is 1.03. The van der Waals surface area contributed by atoms with E-state index in [9.17, 15) is 22.4 Å².